The van der Waals surface area contributed by atoms with Gasteiger partial charge in [0.05, 0.1) is 13.0 Å². The first-order valence-electron chi connectivity index (χ1n) is 5.23. The molecule has 0 unspecified atom stereocenters. The van der Waals surface area contributed by atoms with Crippen LogP contribution in [0.3, 0.4) is 0 Å². The van der Waals surface area contributed by atoms with Crippen molar-refractivity contribution in [3.05, 3.63) is 23.9 Å². The number of rotatable bonds is 3. The molecule has 0 saturated carbocycles. The van der Waals surface area contributed by atoms with Gasteiger partial charge in [0.15, 0.2) is 0 Å². The molecule has 2 heterocycles. The molecule has 16 heavy (non-hydrogen) atoms. The maximum Gasteiger partial charge on any atom is 0.312 e. The first kappa shape index (κ1) is 10.9. The first-order chi connectivity index (χ1) is 7.76. The van der Waals surface area contributed by atoms with Crippen LogP contribution >= 0.6 is 0 Å². The van der Waals surface area contributed by atoms with E-state index in [1.807, 2.05) is 17.0 Å². The second-order valence-electron chi connectivity index (χ2n) is 3.82. The highest BCUT2D eigenvalue weighted by atomic mass is 16.5. The molecule has 0 bridgehead atoms. The fourth-order valence-corrected chi connectivity index (χ4v) is 1.84. The second kappa shape index (κ2) is 4.49. The standard InChI is InChI=1S/C11H15N3O2/c1-16-11(15)9-6-14(7-9)10-8(5-12)3-2-4-13-10/h2-4,9H,5-7,12H2,1H3. The number of nitrogens with two attached hydrogens (primary N) is 1. The average Bonchev–Trinajstić information content (AvgIpc) is 2.27. The summed E-state index contributed by atoms with van der Waals surface area (Å²) in [5.74, 6) is 0.698. The molecule has 2 rings (SSSR count). The Labute approximate surface area is 94.2 Å². The van der Waals surface area contributed by atoms with Crippen LogP contribution in [-0.2, 0) is 16.1 Å². The molecule has 1 fully saturated rings. The van der Waals surface area contributed by atoms with Gasteiger partial charge >= 0.3 is 5.97 Å². The number of aromatic nitrogens is 1. The van der Waals surface area contributed by atoms with E-state index in [0.717, 1.165) is 11.4 Å². The van der Waals surface area contributed by atoms with E-state index in [9.17, 15) is 4.79 Å². The van der Waals surface area contributed by atoms with Crippen LogP contribution < -0.4 is 10.6 Å². The lowest BCUT2D eigenvalue weighted by Gasteiger charge is -2.39. The molecule has 0 spiro atoms. The van der Waals surface area contributed by atoms with Crippen molar-refractivity contribution >= 4 is 11.8 Å². The SMILES string of the molecule is COC(=O)C1CN(c2ncccc2CN)C1. The van der Waals surface area contributed by atoms with Crippen molar-refractivity contribution in [1.29, 1.82) is 0 Å². The first-order valence-corrected chi connectivity index (χ1v) is 5.23. The van der Waals surface area contributed by atoms with Gasteiger partial charge in [-0.1, -0.05) is 6.07 Å². The minimum Gasteiger partial charge on any atom is -0.469 e. The third-order valence-electron chi connectivity index (χ3n) is 2.80. The van der Waals surface area contributed by atoms with Crippen LogP contribution in [0.2, 0.25) is 0 Å². The molecule has 0 aliphatic carbocycles. The van der Waals surface area contributed by atoms with Crippen LogP contribution in [0.5, 0.6) is 0 Å². The Morgan fingerprint density at radius 3 is 3.06 bits per heavy atom. The van der Waals surface area contributed by atoms with Crippen molar-refractivity contribution in [3.63, 3.8) is 0 Å². The highest BCUT2D eigenvalue weighted by Crippen LogP contribution is 2.26. The normalized spacial score (nSPS) is 15.8. The maximum absolute atomic E-state index is 11.2. The van der Waals surface area contributed by atoms with Gasteiger partial charge in [-0.2, -0.15) is 0 Å². The summed E-state index contributed by atoms with van der Waals surface area (Å²) in [5.41, 5.74) is 6.63. The molecule has 5 nitrogen and oxygen atoms in total. The maximum atomic E-state index is 11.2. The van der Waals surface area contributed by atoms with Gasteiger partial charge in [-0.05, 0) is 6.07 Å². The molecule has 2 N–H and O–H groups in total. The second-order valence-corrected chi connectivity index (χ2v) is 3.82. The van der Waals surface area contributed by atoms with E-state index in [1.165, 1.54) is 7.11 Å². The summed E-state index contributed by atoms with van der Waals surface area (Å²) < 4.78 is 4.68. The molecule has 0 atom stereocenters. The highest BCUT2D eigenvalue weighted by molar-refractivity contribution is 5.76. The molecule has 1 aliphatic heterocycles. The number of anilines is 1. The van der Waals surface area contributed by atoms with Crippen molar-refractivity contribution in [2.45, 2.75) is 6.54 Å². The Bertz CT molecular complexity index is 389. The summed E-state index contributed by atoms with van der Waals surface area (Å²) in [7, 11) is 1.41. The van der Waals surface area contributed by atoms with Gasteiger partial charge in [0.1, 0.15) is 5.82 Å². The highest BCUT2D eigenvalue weighted by Gasteiger charge is 2.34. The van der Waals surface area contributed by atoms with Crippen LogP contribution in [0.25, 0.3) is 0 Å². The van der Waals surface area contributed by atoms with Crippen LogP contribution in [0, 0.1) is 5.92 Å². The van der Waals surface area contributed by atoms with E-state index < -0.39 is 0 Å². The zero-order chi connectivity index (χ0) is 11.5. The van der Waals surface area contributed by atoms with Crippen LogP contribution in [-0.4, -0.2) is 31.2 Å². The van der Waals surface area contributed by atoms with Gasteiger partial charge in [-0.15, -0.1) is 0 Å². The smallest absolute Gasteiger partial charge is 0.312 e. The molecule has 1 saturated heterocycles. The average molecular weight is 221 g/mol. The zero-order valence-electron chi connectivity index (χ0n) is 9.22. The number of hydrogen-bond acceptors (Lipinski definition) is 5. The largest absolute Gasteiger partial charge is 0.469 e. The molecule has 1 aromatic rings. The van der Waals surface area contributed by atoms with E-state index in [4.69, 9.17) is 5.73 Å². The van der Waals surface area contributed by atoms with Crippen LogP contribution in [0.1, 0.15) is 5.56 Å². The number of pyridine rings is 1. The van der Waals surface area contributed by atoms with Crippen LogP contribution in [0.4, 0.5) is 5.82 Å². The Kier molecular flexibility index (Phi) is 3.05. The summed E-state index contributed by atoms with van der Waals surface area (Å²) in [4.78, 5) is 17.6. The molecule has 0 aromatic carbocycles. The van der Waals surface area contributed by atoms with Crippen molar-refractivity contribution in [2.24, 2.45) is 11.7 Å². The zero-order valence-corrected chi connectivity index (χ0v) is 9.22. The Hall–Kier alpha value is -1.62. The quantitative estimate of drug-likeness (QED) is 0.736. The van der Waals surface area contributed by atoms with E-state index in [1.54, 1.807) is 6.20 Å². The van der Waals surface area contributed by atoms with Crippen molar-refractivity contribution in [1.82, 2.24) is 4.98 Å². The lowest BCUT2D eigenvalue weighted by molar-refractivity contribution is -0.146. The van der Waals surface area contributed by atoms with Gasteiger partial charge in [-0.25, -0.2) is 4.98 Å². The van der Waals surface area contributed by atoms with Gasteiger partial charge in [0.25, 0.3) is 0 Å². The summed E-state index contributed by atoms with van der Waals surface area (Å²) in [6, 6.07) is 3.82. The summed E-state index contributed by atoms with van der Waals surface area (Å²) in [6.07, 6.45) is 1.74. The number of hydrogen-bond donors (Lipinski definition) is 1. The topological polar surface area (TPSA) is 68.5 Å². The minimum atomic E-state index is -0.151. The van der Waals surface area contributed by atoms with Crippen molar-refractivity contribution < 1.29 is 9.53 Å². The number of esters is 1. The molecule has 5 heteroatoms. The van der Waals surface area contributed by atoms with Gasteiger partial charge in [-0.3, -0.25) is 4.79 Å². The summed E-state index contributed by atoms with van der Waals surface area (Å²) in [6.45, 7) is 1.79. The molecule has 1 aliphatic rings. The summed E-state index contributed by atoms with van der Waals surface area (Å²) in [5, 5.41) is 0. The molecule has 0 radical (unpaired) electrons. The molecule has 1 aromatic heterocycles. The Balaban J connectivity index is 2.03. The third-order valence-corrected chi connectivity index (χ3v) is 2.80. The summed E-state index contributed by atoms with van der Waals surface area (Å²) >= 11 is 0. The predicted octanol–water partition coefficient (Wildman–Crippen LogP) is 0.149. The molecule has 86 valence electrons. The van der Waals surface area contributed by atoms with Gasteiger partial charge in [0, 0.05) is 31.4 Å². The minimum absolute atomic E-state index is 0.0300. The van der Waals surface area contributed by atoms with E-state index >= 15 is 0 Å². The van der Waals surface area contributed by atoms with Crippen LogP contribution in [0.15, 0.2) is 18.3 Å². The molecule has 0 amide bonds. The van der Waals surface area contributed by atoms with E-state index in [2.05, 4.69) is 9.72 Å². The van der Waals surface area contributed by atoms with Crippen molar-refractivity contribution in [2.75, 3.05) is 25.1 Å². The predicted molar refractivity (Wildman–Crippen MR) is 59.8 cm³/mol. The molecular weight excluding hydrogens is 206 g/mol. The monoisotopic (exact) mass is 221 g/mol. The fraction of sp³-hybridized carbons (Fsp3) is 0.455. The lowest BCUT2D eigenvalue weighted by atomic mass is 10.00. The number of ether oxygens (including phenoxy) is 1. The molecular formula is C11H15N3O2. The number of carbonyl (C=O) groups excluding carboxylic acids is 1. The van der Waals surface area contributed by atoms with E-state index in [0.29, 0.717) is 19.6 Å². The van der Waals surface area contributed by atoms with Gasteiger partial charge in [0.2, 0.25) is 0 Å². The third kappa shape index (κ3) is 1.86. The lowest BCUT2D eigenvalue weighted by Crippen LogP contribution is -2.51. The fourth-order valence-electron chi connectivity index (χ4n) is 1.84. The Morgan fingerprint density at radius 1 is 1.69 bits per heavy atom. The number of methoxy groups -OCH3 is 1. The number of nitrogens with zero attached hydrogens (tertiary/aromatic N) is 2. The Morgan fingerprint density at radius 2 is 2.44 bits per heavy atom. The van der Waals surface area contributed by atoms with Crippen molar-refractivity contribution in [3.8, 4) is 0 Å². The van der Waals surface area contributed by atoms with Gasteiger partial charge < -0.3 is 15.4 Å². The number of carbonyl (C=O) groups is 1. The van der Waals surface area contributed by atoms with E-state index in [-0.39, 0.29) is 11.9 Å².